The summed E-state index contributed by atoms with van der Waals surface area (Å²) in [5.41, 5.74) is 13.3. The van der Waals surface area contributed by atoms with Crippen molar-refractivity contribution in [1.29, 1.82) is 0 Å². The van der Waals surface area contributed by atoms with E-state index in [2.05, 4.69) is 0 Å². The van der Waals surface area contributed by atoms with Crippen molar-refractivity contribution in [2.75, 3.05) is 12.8 Å². The number of para-hydroxylation sites is 1. The van der Waals surface area contributed by atoms with Crippen molar-refractivity contribution in [3.8, 4) is 5.75 Å². The number of ether oxygens (including phenoxy) is 1. The summed E-state index contributed by atoms with van der Waals surface area (Å²) in [6.07, 6.45) is 0. The number of halogens is 1. The van der Waals surface area contributed by atoms with Crippen LogP contribution in [0.3, 0.4) is 0 Å². The standard InChI is InChI=1S/C24H24FN3O3/c1-15(17-12-18(25)14-19(13-17)31-2)28(24(30)20-10-6-7-11-21(20)26)22(23(27)29)16-8-4-3-5-9-16/h3-15,22H,26H2,1-2H3,(H2,27,29)/t15-,22-/m1/s1. The molecule has 0 heterocycles. The molecule has 4 N–H and O–H groups in total. The van der Waals surface area contributed by atoms with Crippen molar-refractivity contribution in [2.45, 2.75) is 19.0 Å². The first kappa shape index (κ1) is 21.8. The van der Waals surface area contributed by atoms with Crippen LogP contribution in [0, 0.1) is 5.82 Å². The number of anilines is 1. The number of hydrogen-bond acceptors (Lipinski definition) is 4. The average molecular weight is 421 g/mol. The Labute approximate surface area is 180 Å². The van der Waals surface area contributed by atoms with Crippen molar-refractivity contribution in [3.05, 3.63) is 95.3 Å². The summed E-state index contributed by atoms with van der Waals surface area (Å²) in [6.45, 7) is 1.70. The molecule has 31 heavy (non-hydrogen) atoms. The Morgan fingerprint density at radius 2 is 1.61 bits per heavy atom. The minimum atomic E-state index is -1.10. The molecule has 0 saturated carbocycles. The zero-order valence-electron chi connectivity index (χ0n) is 17.3. The maximum atomic E-state index is 14.2. The number of methoxy groups -OCH3 is 1. The number of carbonyl (C=O) groups excluding carboxylic acids is 2. The Kier molecular flexibility index (Phi) is 6.55. The van der Waals surface area contributed by atoms with E-state index in [0.29, 0.717) is 16.9 Å². The smallest absolute Gasteiger partial charge is 0.257 e. The molecule has 2 atom stereocenters. The summed E-state index contributed by atoms with van der Waals surface area (Å²) in [6, 6.07) is 17.6. The average Bonchev–Trinajstić information content (AvgIpc) is 2.76. The fraction of sp³-hybridized carbons (Fsp3) is 0.167. The van der Waals surface area contributed by atoms with Gasteiger partial charge < -0.3 is 21.1 Å². The van der Waals surface area contributed by atoms with E-state index in [-0.39, 0.29) is 11.3 Å². The van der Waals surface area contributed by atoms with Crippen LogP contribution in [0.25, 0.3) is 0 Å². The van der Waals surface area contributed by atoms with Crippen molar-refractivity contribution in [1.82, 2.24) is 4.90 Å². The molecule has 0 unspecified atom stereocenters. The van der Waals surface area contributed by atoms with Crippen molar-refractivity contribution >= 4 is 17.5 Å². The van der Waals surface area contributed by atoms with Crippen LogP contribution in [0.2, 0.25) is 0 Å². The second-order valence-corrected chi connectivity index (χ2v) is 7.12. The van der Waals surface area contributed by atoms with Gasteiger partial charge in [0.1, 0.15) is 17.6 Å². The van der Waals surface area contributed by atoms with Gasteiger partial charge in [-0.25, -0.2) is 4.39 Å². The molecule has 6 nitrogen and oxygen atoms in total. The number of hydrogen-bond donors (Lipinski definition) is 2. The monoisotopic (exact) mass is 421 g/mol. The molecule has 0 spiro atoms. The summed E-state index contributed by atoms with van der Waals surface area (Å²) in [7, 11) is 1.42. The van der Waals surface area contributed by atoms with Gasteiger partial charge in [-0.3, -0.25) is 9.59 Å². The number of amides is 2. The Morgan fingerprint density at radius 3 is 2.23 bits per heavy atom. The predicted molar refractivity (Wildman–Crippen MR) is 117 cm³/mol. The lowest BCUT2D eigenvalue weighted by molar-refractivity contribution is -0.123. The van der Waals surface area contributed by atoms with Crippen molar-refractivity contribution < 1.29 is 18.7 Å². The van der Waals surface area contributed by atoms with E-state index in [4.69, 9.17) is 16.2 Å². The molecule has 3 aromatic carbocycles. The Balaban J connectivity index is 2.18. The maximum absolute atomic E-state index is 14.2. The zero-order chi connectivity index (χ0) is 22.5. The van der Waals surface area contributed by atoms with Gasteiger partial charge in [0.05, 0.1) is 18.7 Å². The van der Waals surface area contributed by atoms with E-state index < -0.39 is 29.7 Å². The highest BCUT2D eigenvalue weighted by atomic mass is 19.1. The number of nitrogens with two attached hydrogens (primary N) is 2. The topological polar surface area (TPSA) is 98.7 Å². The third-order valence-corrected chi connectivity index (χ3v) is 5.12. The molecule has 0 aliphatic heterocycles. The van der Waals surface area contributed by atoms with Crippen LogP contribution in [0.5, 0.6) is 5.75 Å². The summed E-state index contributed by atoms with van der Waals surface area (Å²) in [4.78, 5) is 27.6. The minimum Gasteiger partial charge on any atom is -0.497 e. The number of nitrogen functional groups attached to an aromatic ring is 1. The van der Waals surface area contributed by atoms with Crippen LogP contribution >= 0.6 is 0 Å². The van der Waals surface area contributed by atoms with Crippen LogP contribution in [-0.2, 0) is 4.79 Å². The molecule has 0 radical (unpaired) electrons. The maximum Gasteiger partial charge on any atom is 0.257 e. The molecule has 2 amide bonds. The first-order valence-electron chi connectivity index (χ1n) is 9.69. The highest BCUT2D eigenvalue weighted by Crippen LogP contribution is 2.34. The van der Waals surface area contributed by atoms with E-state index in [1.54, 1.807) is 67.6 Å². The second-order valence-electron chi connectivity index (χ2n) is 7.12. The van der Waals surface area contributed by atoms with Crippen molar-refractivity contribution in [3.63, 3.8) is 0 Å². The van der Waals surface area contributed by atoms with Crippen LogP contribution in [-0.4, -0.2) is 23.8 Å². The normalized spacial score (nSPS) is 12.6. The SMILES string of the molecule is COc1cc(F)cc([C@@H](C)N(C(=O)c2ccccc2N)[C@@H](C(N)=O)c2ccccc2)c1. The van der Waals surface area contributed by atoms with Gasteiger partial charge in [-0.1, -0.05) is 42.5 Å². The van der Waals surface area contributed by atoms with E-state index in [0.717, 1.165) is 0 Å². The van der Waals surface area contributed by atoms with Crippen LogP contribution < -0.4 is 16.2 Å². The molecule has 3 aromatic rings. The number of carbonyl (C=O) groups is 2. The summed E-state index contributed by atoms with van der Waals surface area (Å²) < 4.78 is 19.4. The molecular weight excluding hydrogens is 397 g/mol. The molecule has 160 valence electrons. The number of primary amides is 1. The Hall–Kier alpha value is -3.87. The highest BCUT2D eigenvalue weighted by molar-refractivity contribution is 6.01. The molecule has 0 aliphatic carbocycles. The minimum absolute atomic E-state index is 0.222. The van der Waals surface area contributed by atoms with E-state index in [9.17, 15) is 14.0 Å². The summed E-state index contributed by atoms with van der Waals surface area (Å²) in [5, 5.41) is 0. The van der Waals surface area contributed by atoms with Crippen LogP contribution in [0.15, 0.2) is 72.8 Å². The lowest BCUT2D eigenvalue weighted by atomic mass is 9.97. The van der Waals surface area contributed by atoms with E-state index >= 15 is 0 Å². The molecular formula is C24H24FN3O3. The van der Waals surface area contributed by atoms with Gasteiger partial charge in [-0.2, -0.15) is 0 Å². The second kappa shape index (κ2) is 9.30. The molecule has 0 saturated heterocycles. The molecule has 0 bridgehead atoms. The van der Waals surface area contributed by atoms with Crippen LogP contribution in [0.1, 0.15) is 40.5 Å². The van der Waals surface area contributed by atoms with Gasteiger partial charge in [0.25, 0.3) is 5.91 Å². The Bertz CT molecular complexity index is 1090. The van der Waals surface area contributed by atoms with Gasteiger partial charge in [-0.15, -0.1) is 0 Å². The summed E-state index contributed by atoms with van der Waals surface area (Å²) >= 11 is 0. The molecule has 7 heteroatoms. The first-order valence-corrected chi connectivity index (χ1v) is 9.69. The largest absolute Gasteiger partial charge is 0.497 e. The van der Waals surface area contributed by atoms with Gasteiger partial charge >= 0.3 is 0 Å². The Morgan fingerprint density at radius 1 is 0.968 bits per heavy atom. The quantitative estimate of drug-likeness (QED) is 0.566. The molecule has 0 aromatic heterocycles. The van der Waals surface area contributed by atoms with E-state index in [1.165, 1.54) is 24.1 Å². The third-order valence-electron chi connectivity index (χ3n) is 5.12. The molecule has 3 rings (SSSR count). The molecule has 0 fully saturated rings. The zero-order valence-corrected chi connectivity index (χ0v) is 17.3. The highest BCUT2D eigenvalue weighted by Gasteiger charge is 2.35. The van der Waals surface area contributed by atoms with Gasteiger partial charge in [-0.05, 0) is 42.3 Å². The van der Waals surface area contributed by atoms with Gasteiger partial charge in [0, 0.05) is 11.8 Å². The van der Waals surface area contributed by atoms with Gasteiger partial charge in [0.15, 0.2) is 0 Å². The predicted octanol–water partition coefficient (Wildman–Crippen LogP) is 3.85. The molecule has 0 aliphatic rings. The van der Waals surface area contributed by atoms with Gasteiger partial charge in [0.2, 0.25) is 5.91 Å². The fourth-order valence-corrected chi connectivity index (χ4v) is 3.55. The van der Waals surface area contributed by atoms with Crippen LogP contribution in [0.4, 0.5) is 10.1 Å². The van der Waals surface area contributed by atoms with Crippen molar-refractivity contribution in [2.24, 2.45) is 5.73 Å². The third kappa shape index (κ3) is 4.66. The number of rotatable bonds is 7. The fourth-order valence-electron chi connectivity index (χ4n) is 3.55. The lowest BCUT2D eigenvalue weighted by Crippen LogP contribution is -2.43. The number of benzene rings is 3. The summed E-state index contributed by atoms with van der Waals surface area (Å²) in [5.74, 6) is -1.45. The lowest BCUT2D eigenvalue weighted by Gasteiger charge is -2.36. The number of nitrogens with zero attached hydrogens (tertiary/aromatic N) is 1. The van der Waals surface area contributed by atoms with E-state index in [1.807, 2.05) is 0 Å². The first-order chi connectivity index (χ1) is 14.8.